The van der Waals surface area contributed by atoms with E-state index in [4.69, 9.17) is 5.90 Å². The fourth-order valence-corrected chi connectivity index (χ4v) is 0.340. The van der Waals surface area contributed by atoms with Crippen LogP contribution in [-0.4, -0.2) is 16.3 Å². The monoisotopic (exact) mass is 133 g/mol. The third kappa shape index (κ3) is 2.45. The van der Waals surface area contributed by atoms with E-state index in [9.17, 15) is 0 Å². The van der Waals surface area contributed by atoms with Crippen LogP contribution in [0.2, 0.25) is 5.04 Å². The number of hydrogen-bond donors (Lipinski definition) is 1. The molecule has 0 aliphatic rings. The van der Waals surface area contributed by atoms with Crippen LogP contribution < -0.4 is 5.90 Å². The van der Waals surface area contributed by atoms with Crippen LogP contribution in [0, 0.1) is 0 Å². The van der Waals surface area contributed by atoms with E-state index >= 15 is 0 Å². The first-order valence-corrected chi connectivity index (χ1v) is 3.84. The molecule has 0 aliphatic carbocycles. The van der Waals surface area contributed by atoms with E-state index in [-0.39, 0.29) is 6.10 Å². The highest BCUT2D eigenvalue weighted by molar-refractivity contribution is 6.15. The first-order valence-electron chi connectivity index (χ1n) is 2.84. The summed E-state index contributed by atoms with van der Waals surface area (Å²) in [5, 5.41) is 0.300. The molecule has 0 saturated carbocycles. The van der Waals surface area contributed by atoms with Gasteiger partial charge in [0.1, 0.15) is 0 Å². The topological polar surface area (TPSA) is 35.2 Å². The highest BCUT2D eigenvalue weighted by Gasteiger charge is 2.19. The van der Waals surface area contributed by atoms with Crippen molar-refractivity contribution in [3.8, 4) is 0 Å². The Bertz CT molecular complexity index is 69.3. The predicted molar refractivity (Wildman–Crippen MR) is 38.7 cm³/mol. The van der Waals surface area contributed by atoms with Crippen LogP contribution in [0.3, 0.4) is 0 Å². The zero-order chi connectivity index (χ0) is 6.78. The lowest BCUT2D eigenvalue weighted by Crippen LogP contribution is -2.25. The van der Waals surface area contributed by atoms with E-state index in [2.05, 4.69) is 18.7 Å². The molecule has 0 aromatic rings. The van der Waals surface area contributed by atoms with Crippen LogP contribution in [-0.2, 0) is 4.84 Å². The zero-order valence-electron chi connectivity index (χ0n) is 6.06. The molecule has 0 saturated heterocycles. The van der Waals surface area contributed by atoms with Gasteiger partial charge in [0.05, 0.1) is 6.10 Å². The van der Waals surface area contributed by atoms with Gasteiger partial charge in [0, 0.05) is 10.2 Å². The Morgan fingerprint density at radius 3 is 2.00 bits per heavy atom. The van der Waals surface area contributed by atoms with Crippen molar-refractivity contribution in [1.82, 2.24) is 0 Å². The van der Waals surface area contributed by atoms with E-state index < -0.39 is 0 Å². The quantitative estimate of drug-likeness (QED) is 0.419. The second kappa shape index (κ2) is 2.62. The molecule has 0 aliphatic heterocycles. The van der Waals surface area contributed by atoms with Crippen molar-refractivity contribution < 1.29 is 4.84 Å². The van der Waals surface area contributed by atoms with Crippen molar-refractivity contribution in [1.29, 1.82) is 0 Å². The van der Waals surface area contributed by atoms with Crippen LogP contribution in [0.15, 0.2) is 0 Å². The summed E-state index contributed by atoms with van der Waals surface area (Å²) < 4.78 is 0. The van der Waals surface area contributed by atoms with Crippen LogP contribution >= 0.6 is 0 Å². The molecular weight excluding hydrogens is 118 g/mol. The van der Waals surface area contributed by atoms with Crippen LogP contribution in [0.25, 0.3) is 0 Å². The molecule has 0 aromatic heterocycles. The summed E-state index contributed by atoms with van der Waals surface area (Å²) in [6, 6.07) is 0. The van der Waals surface area contributed by atoms with Gasteiger partial charge in [0.15, 0.2) is 0 Å². The highest BCUT2D eigenvalue weighted by Crippen LogP contribution is 2.24. The van der Waals surface area contributed by atoms with E-state index in [0.717, 1.165) is 10.2 Å². The molecule has 0 radical (unpaired) electrons. The maximum atomic E-state index is 4.98. The third-order valence-electron chi connectivity index (χ3n) is 1.42. The first kappa shape index (κ1) is 8.14. The molecule has 0 rings (SSSR count). The summed E-state index contributed by atoms with van der Waals surface area (Å²) in [5.74, 6) is 4.98. The van der Waals surface area contributed by atoms with Gasteiger partial charge >= 0.3 is 0 Å². The smallest absolute Gasteiger partial charge is 0.0777 e. The average Bonchev–Trinajstić information content (AvgIpc) is 1.62. The van der Waals surface area contributed by atoms with Gasteiger partial charge in [-0.25, -0.2) is 5.90 Å². The summed E-state index contributed by atoms with van der Waals surface area (Å²) in [6.07, 6.45) is 0.189. The highest BCUT2D eigenvalue weighted by atomic mass is 28.1. The van der Waals surface area contributed by atoms with Crippen LogP contribution in [0.5, 0.6) is 0 Å². The van der Waals surface area contributed by atoms with Gasteiger partial charge in [-0.05, 0) is 12.0 Å². The van der Waals surface area contributed by atoms with Gasteiger partial charge in [-0.15, -0.1) is 0 Å². The van der Waals surface area contributed by atoms with Crippen molar-refractivity contribution in [3.63, 3.8) is 0 Å². The molecule has 1 unspecified atom stereocenters. The fourth-order valence-electron chi connectivity index (χ4n) is 0.204. The number of nitrogens with two attached hydrogens (primary N) is 1. The van der Waals surface area contributed by atoms with E-state index in [1.807, 2.05) is 6.92 Å². The van der Waals surface area contributed by atoms with E-state index in [1.54, 1.807) is 0 Å². The van der Waals surface area contributed by atoms with Gasteiger partial charge < -0.3 is 4.84 Å². The third-order valence-corrected chi connectivity index (χ3v) is 2.24. The Balaban J connectivity index is 3.62. The number of rotatable bonds is 2. The molecule has 3 heteroatoms. The molecule has 50 valence electrons. The normalized spacial score (nSPS) is 16.5. The van der Waals surface area contributed by atoms with E-state index in [0.29, 0.717) is 5.04 Å². The number of hydrogen-bond acceptors (Lipinski definition) is 2. The molecule has 2 nitrogen and oxygen atoms in total. The predicted octanol–water partition coefficient (Wildman–Crippen LogP) is -0.171. The molecular formula is C5H15NOSi. The first-order chi connectivity index (χ1) is 3.48. The molecule has 0 spiro atoms. The maximum absolute atomic E-state index is 4.98. The Hall–Kier alpha value is 0.137. The lowest BCUT2D eigenvalue weighted by molar-refractivity contribution is 0.0415. The largest absolute Gasteiger partial charge is 0.301 e. The van der Waals surface area contributed by atoms with E-state index in [1.165, 1.54) is 0 Å². The Labute approximate surface area is 53.8 Å². The van der Waals surface area contributed by atoms with Crippen LogP contribution in [0.1, 0.15) is 20.8 Å². The zero-order valence-corrected chi connectivity index (χ0v) is 8.06. The second-order valence-corrected chi connectivity index (χ2v) is 5.72. The molecule has 0 heterocycles. The molecule has 0 aromatic carbocycles. The Morgan fingerprint density at radius 2 is 2.00 bits per heavy atom. The molecule has 0 fully saturated rings. The molecule has 1 atom stereocenters. The van der Waals surface area contributed by atoms with Crippen molar-refractivity contribution in [3.05, 3.63) is 0 Å². The average molecular weight is 133 g/mol. The minimum atomic E-state index is 0.189. The summed E-state index contributed by atoms with van der Waals surface area (Å²) in [6.45, 7) is 6.29. The molecule has 0 bridgehead atoms. The lowest BCUT2D eigenvalue weighted by atomic mass is 10.1. The second-order valence-electron chi connectivity index (χ2n) is 3.14. The van der Waals surface area contributed by atoms with Crippen molar-refractivity contribution in [2.75, 3.05) is 0 Å². The fraction of sp³-hybridized carbons (Fsp3) is 1.00. The summed E-state index contributed by atoms with van der Waals surface area (Å²) in [4.78, 5) is 4.65. The molecule has 0 amide bonds. The standard InChI is InChI=1S/C5H15NOSi/c1-4(7-6)5(2,3)8/h4H,6H2,1-3,8H3. The maximum Gasteiger partial charge on any atom is 0.0777 e. The van der Waals surface area contributed by atoms with Crippen molar-refractivity contribution >= 4 is 10.2 Å². The summed E-state index contributed by atoms with van der Waals surface area (Å²) in [5.41, 5.74) is 0. The lowest BCUT2D eigenvalue weighted by Gasteiger charge is -2.24. The minimum absolute atomic E-state index is 0.189. The van der Waals surface area contributed by atoms with Crippen molar-refractivity contribution in [2.45, 2.75) is 31.9 Å². The Morgan fingerprint density at radius 1 is 1.62 bits per heavy atom. The van der Waals surface area contributed by atoms with Gasteiger partial charge in [-0.1, -0.05) is 13.8 Å². The van der Waals surface area contributed by atoms with Gasteiger partial charge in [-0.2, -0.15) is 0 Å². The van der Waals surface area contributed by atoms with Gasteiger partial charge in [-0.3, -0.25) is 0 Å². The van der Waals surface area contributed by atoms with Crippen molar-refractivity contribution in [2.24, 2.45) is 5.90 Å². The van der Waals surface area contributed by atoms with Gasteiger partial charge in [0.2, 0.25) is 0 Å². The molecule has 2 N–H and O–H groups in total. The summed E-state index contributed by atoms with van der Waals surface area (Å²) in [7, 11) is 1.12. The minimum Gasteiger partial charge on any atom is -0.301 e. The SMILES string of the molecule is CC(ON)C(C)(C)[SiH3]. The Kier molecular flexibility index (Phi) is 2.66. The van der Waals surface area contributed by atoms with Gasteiger partial charge in [0.25, 0.3) is 0 Å². The summed E-state index contributed by atoms with van der Waals surface area (Å²) >= 11 is 0. The van der Waals surface area contributed by atoms with Crippen LogP contribution in [0.4, 0.5) is 0 Å². The molecule has 8 heavy (non-hydrogen) atoms.